The van der Waals surface area contributed by atoms with Crippen LogP contribution < -0.4 is 5.32 Å². The minimum atomic E-state index is -0.492. The number of rotatable bonds is 2. The third kappa shape index (κ3) is 4.57. The van der Waals surface area contributed by atoms with Crippen LogP contribution in [-0.2, 0) is 11.3 Å². The van der Waals surface area contributed by atoms with E-state index in [1.54, 1.807) is 6.07 Å². The van der Waals surface area contributed by atoms with Gasteiger partial charge in [-0.05, 0) is 58.7 Å². The van der Waals surface area contributed by atoms with Crippen molar-refractivity contribution in [1.82, 2.24) is 5.32 Å². The van der Waals surface area contributed by atoms with Gasteiger partial charge in [0, 0.05) is 0 Å². The summed E-state index contributed by atoms with van der Waals surface area (Å²) in [5.41, 5.74) is -0.492. The maximum Gasteiger partial charge on any atom is 0.408 e. The lowest BCUT2D eigenvalue weighted by molar-refractivity contribution is 0.0519. The summed E-state index contributed by atoms with van der Waals surface area (Å²) in [5.74, 6) is 0.643. The maximum atomic E-state index is 11.3. The van der Waals surface area contributed by atoms with Gasteiger partial charge in [0.1, 0.15) is 11.4 Å². The van der Waals surface area contributed by atoms with E-state index >= 15 is 0 Å². The Labute approximate surface area is 111 Å². The Balaban J connectivity index is 2.43. The van der Waals surface area contributed by atoms with E-state index in [0.29, 0.717) is 17.0 Å². The first kappa shape index (κ1) is 13.6. The van der Waals surface area contributed by atoms with Gasteiger partial charge in [-0.1, -0.05) is 0 Å². The molecule has 1 aromatic heterocycles. The van der Waals surface area contributed by atoms with E-state index in [1.165, 1.54) is 0 Å². The fourth-order valence-electron chi connectivity index (χ4n) is 0.952. The summed E-state index contributed by atoms with van der Waals surface area (Å²) < 4.78 is 11.8. The van der Waals surface area contributed by atoms with E-state index in [-0.39, 0.29) is 0 Å². The second-order valence-corrected chi connectivity index (χ2v) is 5.76. The number of ether oxygens (including phenoxy) is 1. The third-order valence-electron chi connectivity index (χ3n) is 1.50. The Bertz CT molecular complexity index is 362. The zero-order valence-corrected chi connectivity index (χ0v) is 12.4. The lowest BCUT2D eigenvalue weighted by atomic mass is 10.2. The molecule has 0 fully saturated rings. The minimum absolute atomic E-state index is 0.291. The van der Waals surface area contributed by atoms with Crippen LogP contribution in [0, 0.1) is 0 Å². The molecule has 0 aliphatic heterocycles. The molecule has 1 N–H and O–H groups in total. The molecule has 0 radical (unpaired) electrons. The normalized spacial score (nSPS) is 11.3. The topological polar surface area (TPSA) is 51.5 Å². The first-order valence-electron chi connectivity index (χ1n) is 4.68. The number of hydrogen-bond donors (Lipinski definition) is 1. The number of alkyl carbamates (subject to hydrolysis) is 1. The number of furan rings is 1. The molecule has 0 saturated carbocycles. The van der Waals surface area contributed by atoms with Gasteiger partial charge in [0.15, 0.2) is 4.67 Å². The van der Waals surface area contributed by atoms with Crippen LogP contribution in [0.1, 0.15) is 26.5 Å². The Kier molecular flexibility index (Phi) is 4.43. The number of nitrogens with one attached hydrogen (secondary N) is 1. The Hall–Kier alpha value is -0.490. The van der Waals surface area contributed by atoms with Gasteiger partial charge in [0.25, 0.3) is 0 Å². The van der Waals surface area contributed by atoms with E-state index in [9.17, 15) is 4.79 Å². The molecule has 16 heavy (non-hydrogen) atoms. The van der Waals surface area contributed by atoms with E-state index < -0.39 is 11.7 Å². The van der Waals surface area contributed by atoms with Gasteiger partial charge in [-0.3, -0.25) is 0 Å². The predicted molar refractivity (Wildman–Crippen MR) is 67.2 cm³/mol. The summed E-state index contributed by atoms with van der Waals surface area (Å²) in [5, 5.41) is 2.60. The zero-order chi connectivity index (χ0) is 12.3. The van der Waals surface area contributed by atoms with Gasteiger partial charge in [-0.25, -0.2) is 4.79 Å². The molecule has 0 bridgehead atoms. The maximum absolute atomic E-state index is 11.3. The first-order chi connectivity index (χ1) is 7.28. The van der Waals surface area contributed by atoms with Gasteiger partial charge >= 0.3 is 6.09 Å². The van der Waals surface area contributed by atoms with Crippen molar-refractivity contribution >= 4 is 38.0 Å². The molecule has 0 spiro atoms. The van der Waals surface area contributed by atoms with Crippen LogP contribution in [0.25, 0.3) is 0 Å². The molecule has 1 aromatic rings. The van der Waals surface area contributed by atoms with Gasteiger partial charge in [0.2, 0.25) is 0 Å². The van der Waals surface area contributed by atoms with Crippen molar-refractivity contribution in [1.29, 1.82) is 0 Å². The van der Waals surface area contributed by atoms with Crippen LogP contribution in [0.15, 0.2) is 19.6 Å². The van der Waals surface area contributed by atoms with Gasteiger partial charge in [0.05, 0.1) is 11.0 Å². The second kappa shape index (κ2) is 5.23. The molecular weight excluding hydrogens is 342 g/mol. The van der Waals surface area contributed by atoms with Gasteiger partial charge in [-0.15, -0.1) is 0 Å². The summed E-state index contributed by atoms with van der Waals surface area (Å²) in [4.78, 5) is 11.3. The molecule has 4 nitrogen and oxygen atoms in total. The minimum Gasteiger partial charge on any atom is -0.451 e. The molecule has 0 atom stereocenters. The standard InChI is InChI=1S/C10H13Br2NO3/c1-10(2,3)16-9(14)13-5-6-4-7(11)8(12)15-6/h4H,5H2,1-3H3,(H,13,14). The lowest BCUT2D eigenvalue weighted by Crippen LogP contribution is -2.32. The van der Waals surface area contributed by atoms with Crippen LogP contribution in [0.5, 0.6) is 0 Å². The number of hydrogen-bond acceptors (Lipinski definition) is 3. The van der Waals surface area contributed by atoms with Crippen molar-refractivity contribution < 1.29 is 13.9 Å². The van der Waals surface area contributed by atoms with Crippen molar-refractivity contribution in [3.63, 3.8) is 0 Å². The SMILES string of the molecule is CC(C)(C)OC(=O)NCc1cc(Br)c(Br)o1. The molecule has 1 heterocycles. The van der Waals surface area contributed by atoms with Gasteiger partial charge in [-0.2, -0.15) is 0 Å². The van der Waals surface area contributed by atoms with Crippen LogP contribution in [-0.4, -0.2) is 11.7 Å². The fourth-order valence-corrected chi connectivity index (χ4v) is 1.61. The largest absolute Gasteiger partial charge is 0.451 e. The smallest absolute Gasteiger partial charge is 0.408 e. The van der Waals surface area contributed by atoms with E-state index in [4.69, 9.17) is 9.15 Å². The highest BCUT2D eigenvalue weighted by atomic mass is 79.9. The van der Waals surface area contributed by atoms with E-state index in [2.05, 4.69) is 37.2 Å². The molecular formula is C10H13Br2NO3. The lowest BCUT2D eigenvalue weighted by Gasteiger charge is -2.19. The molecule has 0 aliphatic rings. The van der Waals surface area contributed by atoms with Crippen molar-refractivity contribution in [2.24, 2.45) is 0 Å². The molecule has 90 valence electrons. The second-order valence-electron chi connectivity index (χ2n) is 4.19. The van der Waals surface area contributed by atoms with Crippen molar-refractivity contribution in [2.75, 3.05) is 0 Å². The number of carbonyl (C=O) groups excluding carboxylic acids is 1. The van der Waals surface area contributed by atoms with Crippen LogP contribution >= 0.6 is 31.9 Å². The van der Waals surface area contributed by atoms with Crippen LogP contribution in [0.2, 0.25) is 0 Å². The third-order valence-corrected chi connectivity index (χ3v) is 3.21. The quantitative estimate of drug-likeness (QED) is 0.878. The van der Waals surface area contributed by atoms with Crippen LogP contribution in [0.3, 0.4) is 0 Å². The number of carbonyl (C=O) groups is 1. The monoisotopic (exact) mass is 353 g/mol. The Morgan fingerprint density at radius 1 is 1.50 bits per heavy atom. The summed E-state index contributed by atoms with van der Waals surface area (Å²) in [6.45, 7) is 5.73. The highest BCUT2D eigenvalue weighted by molar-refractivity contribution is 9.13. The Morgan fingerprint density at radius 3 is 2.56 bits per heavy atom. The molecule has 0 aliphatic carbocycles. The van der Waals surface area contributed by atoms with Crippen LogP contribution in [0.4, 0.5) is 4.79 Å². The molecule has 6 heteroatoms. The van der Waals surface area contributed by atoms with Crippen molar-refractivity contribution in [3.8, 4) is 0 Å². The van der Waals surface area contributed by atoms with Crippen molar-refractivity contribution in [2.45, 2.75) is 32.9 Å². The predicted octanol–water partition coefficient (Wildman–Crippen LogP) is 3.83. The molecule has 1 amide bonds. The summed E-state index contributed by atoms with van der Waals surface area (Å²) >= 11 is 6.50. The number of halogens is 2. The molecule has 0 saturated heterocycles. The van der Waals surface area contributed by atoms with E-state index in [0.717, 1.165) is 4.47 Å². The summed E-state index contributed by atoms with van der Waals surface area (Å²) in [7, 11) is 0. The van der Waals surface area contributed by atoms with Crippen molar-refractivity contribution in [3.05, 3.63) is 21.0 Å². The summed E-state index contributed by atoms with van der Waals surface area (Å²) in [6.07, 6.45) is -0.462. The fraction of sp³-hybridized carbons (Fsp3) is 0.500. The summed E-state index contributed by atoms with van der Waals surface area (Å²) in [6, 6.07) is 1.78. The highest BCUT2D eigenvalue weighted by Gasteiger charge is 2.16. The van der Waals surface area contributed by atoms with Gasteiger partial charge < -0.3 is 14.5 Å². The zero-order valence-electron chi connectivity index (χ0n) is 9.27. The highest BCUT2D eigenvalue weighted by Crippen LogP contribution is 2.26. The molecule has 0 aromatic carbocycles. The first-order valence-corrected chi connectivity index (χ1v) is 6.27. The molecule has 0 unspecified atom stereocenters. The Morgan fingerprint density at radius 2 is 2.12 bits per heavy atom. The molecule has 1 rings (SSSR count). The average Bonchev–Trinajstić information content (AvgIpc) is 2.40. The average molecular weight is 355 g/mol. The van der Waals surface area contributed by atoms with E-state index in [1.807, 2.05) is 20.8 Å². The number of amides is 1.